The van der Waals surface area contributed by atoms with Crippen LogP contribution in [0.25, 0.3) is 16.5 Å². The number of hydrogen-bond donors (Lipinski definition) is 1. The van der Waals surface area contributed by atoms with E-state index in [1.165, 1.54) is 0 Å². The summed E-state index contributed by atoms with van der Waals surface area (Å²) in [6.45, 7) is 7.68. The summed E-state index contributed by atoms with van der Waals surface area (Å²) < 4.78 is 1.68. The molecule has 3 aromatic rings. The van der Waals surface area contributed by atoms with Crippen LogP contribution in [0, 0.1) is 12.3 Å². The first-order chi connectivity index (χ1) is 12.8. The quantitative estimate of drug-likeness (QED) is 0.766. The number of carbonyl (C=O) groups is 1. The van der Waals surface area contributed by atoms with Gasteiger partial charge in [-0.2, -0.15) is 0 Å². The number of hydrogen-bond acceptors (Lipinski definition) is 5. The Morgan fingerprint density at radius 3 is 2.70 bits per heavy atom. The molecule has 0 bridgehead atoms. The van der Waals surface area contributed by atoms with Crippen LogP contribution in [0.5, 0.6) is 0 Å². The van der Waals surface area contributed by atoms with Crippen molar-refractivity contribution >= 4 is 16.7 Å². The molecule has 0 aliphatic heterocycles. The van der Waals surface area contributed by atoms with Gasteiger partial charge in [0.15, 0.2) is 5.69 Å². The van der Waals surface area contributed by atoms with E-state index < -0.39 is 0 Å². The minimum atomic E-state index is -0.321. The maximum Gasteiger partial charge on any atom is 0.276 e. The number of fused-ring (bicyclic) bond motifs is 1. The van der Waals surface area contributed by atoms with Crippen LogP contribution in [0.15, 0.2) is 36.7 Å². The van der Waals surface area contributed by atoms with Gasteiger partial charge in [-0.3, -0.25) is 9.78 Å². The van der Waals surface area contributed by atoms with Gasteiger partial charge in [0.1, 0.15) is 0 Å². The fourth-order valence-electron chi connectivity index (χ4n) is 3.33. The van der Waals surface area contributed by atoms with E-state index in [1.54, 1.807) is 29.0 Å². The Morgan fingerprint density at radius 1 is 1.30 bits per heavy atom. The fourth-order valence-corrected chi connectivity index (χ4v) is 3.33. The minimum Gasteiger partial charge on any atom is -0.394 e. The largest absolute Gasteiger partial charge is 0.394 e. The number of aromatic nitrogens is 4. The zero-order chi connectivity index (χ0) is 19.8. The number of rotatable bonds is 4. The average molecular weight is 367 g/mol. The molecule has 1 unspecified atom stereocenters. The SMILES string of the molecule is Cc1c(C(=O)N(C)C(CO)C(C)(C)C)nnn1-c1cccc2cnccc12. The lowest BCUT2D eigenvalue weighted by atomic mass is 9.86. The van der Waals surface area contributed by atoms with Crippen LogP contribution >= 0.6 is 0 Å². The Kier molecular flexibility index (Phi) is 4.97. The Labute approximate surface area is 158 Å². The third-order valence-electron chi connectivity index (χ3n) is 4.94. The van der Waals surface area contributed by atoms with Crippen LogP contribution in [-0.4, -0.2) is 55.6 Å². The molecule has 0 radical (unpaired) electrons. The second-order valence-corrected chi connectivity index (χ2v) is 7.79. The zero-order valence-corrected chi connectivity index (χ0v) is 16.3. The molecular weight excluding hydrogens is 342 g/mol. The van der Waals surface area contributed by atoms with Crippen molar-refractivity contribution in [3.8, 4) is 5.69 Å². The van der Waals surface area contributed by atoms with Gasteiger partial charge in [0, 0.05) is 30.2 Å². The Balaban J connectivity index is 2.01. The number of nitrogens with zero attached hydrogens (tertiary/aromatic N) is 5. The molecule has 0 saturated heterocycles. The van der Waals surface area contributed by atoms with Crippen LogP contribution in [0.4, 0.5) is 0 Å². The van der Waals surface area contributed by atoms with Gasteiger partial charge in [0.2, 0.25) is 0 Å². The topological polar surface area (TPSA) is 84.1 Å². The van der Waals surface area contributed by atoms with Gasteiger partial charge in [-0.1, -0.05) is 38.1 Å². The molecule has 0 aliphatic carbocycles. The molecule has 0 aliphatic rings. The van der Waals surface area contributed by atoms with E-state index in [-0.39, 0.29) is 29.7 Å². The highest BCUT2D eigenvalue weighted by Crippen LogP contribution is 2.26. The number of pyridine rings is 1. The van der Waals surface area contributed by atoms with E-state index in [0.717, 1.165) is 16.5 Å². The monoisotopic (exact) mass is 367 g/mol. The lowest BCUT2D eigenvalue weighted by molar-refractivity contribution is 0.0428. The lowest BCUT2D eigenvalue weighted by Gasteiger charge is -2.36. The van der Waals surface area contributed by atoms with Crippen molar-refractivity contribution in [2.75, 3.05) is 13.7 Å². The summed E-state index contributed by atoms with van der Waals surface area (Å²) >= 11 is 0. The number of benzene rings is 1. The normalized spacial score (nSPS) is 13.0. The maximum atomic E-state index is 13.0. The predicted octanol–water partition coefficient (Wildman–Crippen LogP) is 2.60. The van der Waals surface area contributed by atoms with Crippen molar-refractivity contribution in [2.24, 2.45) is 5.41 Å². The molecule has 1 amide bonds. The third-order valence-corrected chi connectivity index (χ3v) is 4.94. The van der Waals surface area contributed by atoms with Crippen molar-refractivity contribution < 1.29 is 9.90 Å². The Morgan fingerprint density at radius 2 is 2.04 bits per heavy atom. The van der Waals surface area contributed by atoms with Crippen molar-refractivity contribution in [1.29, 1.82) is 0 Å². The molecule has 0 fully saturated rings. The van der Waals surface area contributed by atoms with E-state index in [2.05, 4.69) is 15.3 Å². The van der Waals surface area contributed by atoms with Crippen LogP contribution in [0.1, 0.15) is 37.0 Å². The first-order valence-corrected chi connectivity index (χ1v) is 8.89. The molecule has 7 nitrogen and oxygen atoms in total. The highest BCUT2D eigenvalue weighted by molar-refractivity contribution is 5.94. The standard InChI is InChI=1S/C20H25N5O2/c1-13-18(19(27)24(5)17(12-26)20(2,3)4)22-23-25(13)16-8-6-7-14-11-21-10-9-15(14)16/h6-11,17,26H,12H2,1-5H3. The highest BCUT2D eigenvalue weighted by atomic mass is 16.3. The van der Waals surface area contributed by atoms with E-state index >= 15 is 0 Å². The molecule has 0 spiro atoms. The first-order valence-electron chi connectivity index (χ1n) is 8.89. The molecule has 1 aromatic carbocycles. The van der Waals surface area contributed by atoms with Crippen LogP contribution in [0.3, 0.4) is 0 Å². The van der Waals surface area contributed by atoms with Crippen molar-refractivity contribution in [3.05, 3.63) is 48.0 Å². The van der Waals surface area contributed by atoms with E-state index in [9.17, 15) is 9.90 Å². The summed E-state index contributed by atoms with van der Waals surface area (Å²) in [6.07, 6.45) is 3.52. The fraction of sp³-hybridized carbons (Fsp3) is 0.400. The van der Waals surface area contributed by atoms with Crippen molar-refractivity contribution in [3.63, 3.8) is 0 Å². The Hall–Kier alpha value is -2.80. The molecular formula is C20H25N5O2. The second kappa shape index (κ2) is 7.08. The van der Waals surface area contributed by atoms with Gasteiger partial charge in [-0.05, 0) is 24.5 Å². The smallest absolute Gasteiger partial charge is 0.276 e. The molecule has 0 saturated carbocycles. The second-order valence-electron chi connectivity index (χ2n) is 7.79. The van der Waals surface area contributed by atoms with Gasteiger partial charge < -0.3 is 10.0 Å². The van der Waals surface area contributed by atoms with Gasteiger partial charge in [-0.15, -0.1) is 5.10 Å². The molecule has 27 heavy (non-hydrogen) atoms. The average Bonchev–Trinajstić information content (AvgIpc) is 3.01. The highest BCUT2D eigenvalue weighted by Gasteiger charge is 2.33. The van der Waals surface area contributed by atoms with Gasteiger partial charge >= 0.3 is 0 Å². The molecule has 3 rings (SSSR count). The molecule has 1 atom stereocenters. The summed E-state index contributed by atoms with van der Waals surface area (Å²) in [6, 6.07) is 7.44. The first kappa shape index (κ1) is 19.0. The molecule has 142 valence electrons. The van der Waals surface area contributed by atoms with Crippen molar-refractivity contribution in [2.45, 2.75) is 33.7 Å². The van der Waals surface area contributed by atoms with Crippen LogP contribution < -0.4 is 0 Å². The van der Waals surface area contributed by atoms with E-state index in [1.807, 2.05) is 52.0 Å². The van der Waals surface area contributed by atoms with Gasteiger partial charge in [-0.25, -0.2) is 4.68 Å². The summed E-state index contributed by atoms with van der Waals surface area (Å²) in [5.41, 5.74) is 1.52. The van der Waals surface area contributed by atoms with Gasteiger partial charge in [0.25, 0.3) is 5.91 Å². The van der Waals surface area contributed by atoms with Gasteiger partial charge in [0.05, 0.1) is 24.0 Å². The molecule has 7 heteroatoms. The number of likely N-dealkylation sites (N-methyl/N-ethyl adjacent to an activating group) is 1. The summed E-state index contributed by atoms with van der Waals surface area (Å²) in [5, 5.41) is 20.1. The summed E-state index contributed by atoms with van der Waals surface area (Å²) in [7, 11) is 1.69. The van der Waals surface area contributed by atoms with Crippen LogP contribution in [-0.2, 0) is 0 Å². The molecule has 2 aromatic heterocycles. The molecule has 1 N–H and O–H groups in total. The third kappa shape index (κ3) is 3.42. The van der Waals surface area contributed by atoms with E-state index in [4.69, 9.17) is 0 Å². The minimum absolute atomic E-state index is 0.116. The predicted molar refractivity (Wildman–Crippen MR) is 104 cm³/mol. The number of carbonyl (C=O) groups excluding carboxylic acids is 1. The summed E-state index contributed by atoms with van der Waals surface area (Å²) in [5.74, 6) is -0.255. The van der Waals surface area contributed by atoms with E-state index in [0.29, 0.717) is 5.69 Å². The van der Waals surface area contributed by atoms with Crippen LogP contribution in [0.2, 0.25) is 0 Å². The lowest BCUT2D eigenvalue weighted by Crippen LogP contribution is -2.47. The van der Waals surface area contributed by atoms with Crippen molar-refractivity contribution in [1.82, 2.24) is 24.9 Å². The molecule has 2 heterocycles. The maximum absolute atomic E-state index is 13.0. The summed E-state index contributed by atoms with van der Waals surface area (Å²) in [4.78, 5) is 18.7. The zero-order valence-electron chi connectivity index (χ0n) is 16.3. The Bertz CT molecular complexity index is 969. The number of aliphatic hydroxyl groups is 1. The number of amides is 1. The number of aliphatic hydroxyl groups excluding tert-OH is 1.